The molecule has 13 heavy (non-hydrogen) atoms. The van der Waals surface area contributed by atoms with Crippen LogP contribution in [0.5, 0.6) is 0 Å². The van der Waals surface area contributed by atoms with Crippen molar-refractivity contribution < 1.29 is 0 Å². The van der Waals surface area contributed by atoms with Crippen molar-refractivity contribution in [1.82, 2.24) is 4.98 Å². The Kier molecular flexibility index (Phi) is 2.19. The molecule has 2 rings (SSSR count). The van der Waals surface area contributed by atoms with E-state index in [-0.39, 0.29) is 5.92 Å². The van der Waals surface area contributed by atoms with E-state index in [0.29, 0.717) is 0 Å². The molecule has 1 aliphatic heterocycles. The summed E-state index contributed by atoms with van der Waals surface area (Å²) in [6.45, 7) is 0.724. The summed E-state index contributed by atoms with van der Waals surface area (Å²) in [4.78, 5) is 4.06. The summed E-state index contributed by atoms with van der Waals surface area (Å²) in [5.74, 6) is 0.0752. The van der Waals surface area contributed by atoms with Crippen LogP contribution in [0.4, 0.5) is 5.69 Å². The quantitative estimate of drug-likeness (QED) is 0.751. The van der Waals surface area contributed by atoms with Crippen molar-refractivity contribution in [1.29, 1.82) is 5.26 Å². The van der Waals surface area contributed by atoms with Crippen molar-refractivity contribution in [3.63, 3.8) is 0 Å². The zero-order valence-electron chi connectivity index (χ0n) is 6.92. The average molecular weight is 238 g/mol. The monoisotopic (exact) mass is 237 g/mol. The van der Waals surface area contributed by atoms with E-state index in [2.05, 4.69) is 32.3 Å². The molecule has 0 fully saturated rings. The number of hydrogen-bond acceptors (Lipinski definition) is 3. The Bertz CT molecular complexity index is 370. The number of hydrogen-bond donors (Lipinski definition) is 1. The van der Waals surface area contributed by atoms with Crippen molar-refractivity contribution in [3.05, 3.63) is 22.4 Å². The fourth-order valence-electron chi connectivity index (χ4n) is 1.46. The Morgan fingerprint density at radius 1 is 1.62 bits per heavy atom. The summed E-state index contributed by atoms with van der Waals surface area (Å²) in [6.07, 6.45) is 4.37. The van der Waals surface area contributed by atoms with Gasteiger partial charge in [-0.25, -0.2) is 0 Å². The van der Waals surface area contributed by atoms with Crippen molar-refractivity contribution in [2.45, 2.75) is 6.42 Å². The molecule has 0 saturated carbocycles. The second-order valence-electron chi connectivity index (χ2n) is 3.06. The first kappa shape index (κ1) is 8.52. The van der Waals surface area contributed by atoms with Gasteiger partial charge in [-0.2, -0.15) is 5.26 Å². The van der Waals surface area contributed by atoms with E-state index in [9.17, 15) is 0 Å². The van der Waals surface area contributed by atoms with Gasteiger partial charge in [-0.1, -0.05) is 0 Å². The highest BCUT2D eigenvalue weighted by Crippen LogP contribution is 2.29. The number of nitrogens with one attached hydrogen (secondary N) is 1. The van der Waals surface area contributed by atoms with E-state index >= 15 is 0 Å². The zero-order chi connectivity index (χ0) is 9.26. The van der Waals surface area contributed by atoms with E-state index in [0.717, 1.165) is 28.7 Å². The zero-order valence-corrected chi connectivity index (χ0v) is 8.50. The molecule has 4 heteroatoms. The summed E-state index contributed by atoms with van der Waals surface area (Å²) >= 11 is 3.43. The van der Waals surface area contributed by atoms with Crippen LogP contribution < -0.4 is 5.32 Å². The van der Waals surface area contributed by atoms with E-state index < -0.39 is 0 Å². The van der Waals surface area contributed by atoms with Crippen molar-refractivity contribution in [3.8, 4) is 6.07 Å². The molecule has 1 unspecified atom stereocenters. The molecule has 1 aliphatic rings. The van der Waals surface area contributed by atoms with Crippen LogP contribution in [0, 0.1) is 17.2 Å². The molecule has 1 N–H and O–H groups in total. The largest absolute Gasteiger partial charge is 0.382 e. The smallest absolute Gasteiger partial charge is 0.0677 e. The molecule has 3 nitrogen and oxygen atoms in total. The number of rotatable bonds is 0. The van der Waals surface area contributed by atoms with Gasteiger partial charge in [-0.3, -0.25) is 4.98 Å². The van der Waals surface area contributed by atoms with Crippen molar-refractivity contribution in [2.24, 2.45) is 5.92 Å². The van der Waals surface area contributed by atoms with E-state index in [1.165, 1.54) is 0 Å². The number of fused-ring (bicyclic) bond motifs is 1. The van der Waals surface area contributed by atoms with Gasteiger partial charge < -0.3 is 5.32 Å². The molecule has 1 aromatic rings. The Morgan fingerprint density at radius 3 is 3.23 bits per heavy atom. The van der Waals surface area contributed by atoms with E-state index in [1.54, 1.807) is 12.4 Å². The van der Waals surface area contributed by atoms with E-state index in [1.807, 2.05) is 0 Å². The second kappa shape index (κ2) is 3.35. The van der Waals surface area contributed by atoms with Gasteiger partial charge in [-0.05, 0) is 27.9 Å². The molecule has 0 saturated heterocycles. The normalized spacial score (nSPS) is 19.8. The van der Waals surface area contributed by atoms with Crippen LogP contribution in [0.2, 0.25) is 0 Å². The lowest BCUT2D eigenvalue weighted by molar-refractivity contribution is 0.670. The van der Waals surface area contributed by atoms with Gasteiger partial charge in [0, 0.05) is 17.2 Å². The maximum absolute atomic E-state index is 8.79. The van der Waals surface area contributed by atoms with Crippen molar-refractivity contribution >= 4 is 21.6 Å². The molecular weight excluding hydrogens is 230 g/mol. The van der Waals surface area contributed by atoms with Crippen LogP contribution >= 0.6 is 15.9 Å². The predicted octanol–water partition coefficient (Wildman–Crippen LogP) is 1.95. The Hall–Kier alpha value is -1.08. The fourth-order valence-corrected chi connectivity index (χ4v) is 1.96. The highest BCUT2D eigenvalue weighted by Gasteiger charge is 2.19. The minimum Gasteiger partial charge on any atom is -0.382 e. The molecule has 2 heterocycles. The van der Waals surface area contributed by atoms with Crippen molar-refractivity contribution in [2.75, 3.05) is 11.9 Å². The lowest BCUT2D eigenvalue weighted by atomic mass is 9.96. The molecule has 0 aromatic carbocycles. The van der Waals surface area contributed by atoms with Crippen LogP contribution in [0.3, 0.4) is 0 Å². The number of nitriles is 1. The molecule has 0 aliphatic carbocycles. The van der Waals surface area contributed by atoms with Crippen LogP contribution in [0.1, 0.15) is 5.56 Å². The standard InChI is InChI=1S/C9H8BrN3/c10-8-4-12-5-9-7(8)1-6(2-11)3-13-9/h4-6,13H,1,3H2. The van der Waals surface area contributed by atoms with Gasteiger partial charge in [0.15, 0.2) is 0 Å². The molecule has 0 amide bonds. The fraction of sp³-hybridized carbons (Fsp3) is 0.333. The molecule has 0 bridgehead atoms. The van der Waals surface area contributed by atoms with Gasteiger partial charge in [-0.15, -0.1) is 0 Å². The summed E-state index contributed by atoms with van der Waals surface area (Å²) in [7, 11) is 0. The molecule has 1 atom stereocenters. The lowest BCUT2D eigenvalue weighted by Crippen LogP contribution is -2.22. The minimum atomic E-state index is 0.0752. The summed E-state index contributed by atoms with van der Waals surface area (Å²) < 4.78 is 0.984. The van der Waals surface area contributed by atoms with Crippen LogP contribution in [0.25, 0.3) is 0 Å². The molecule has 0 spiro atoms. The first-order valence-electron chi connectivity index (χ1n) is 4.07. The van der Waals surface area contributed by atoms with E-state index in [4.69, 9.17) is 5.26 Å². The molecule has 0 radical (unpaired) electrons. The highest BCUT2D eigenvalue weighted by molar-refractivity contribution is 9.10. The SMILES string of the molecule is N#CC1CNc2cncc(Br)c2C1. The Balaban J connectivity index is 2.39. The maximum atomic E-state index is 8.79. The number of pyridine rings is 1. The minimum absolute atomic E-state index is 0.0752. The predicted molar refractivity (Wildman–Crippen MR) is 53.2 cm³/mol. The summed E-state index contributed by atoms with van der Waals surface area (Å²) in [6, 6.07) is 2.27. The summed E-state index contributed by atoms with van der Waals surface area (Å²) in [5.41, 5.74) is 2.20. The van der Waals surface area contributed by atoms with Gasteiger partial charge in [0.25, 0.3) is 0 Å². The van der Waals surface area contributed by atoms with Crippen LogP contribution in [0.15, 0.2) is 16.9 Å². The molecular formula is C9H8BrN3. The third-order valence-electron chi connectivity index (χ3n) is 2.18. The maximum Gasteiger partial charge on any atom is 0.0677 e. The van der Waals surface area contributed by atoms with Crippen LogP contribution in [-0.2, 0) is 6.42 Å². The molecule has 1 aromatic heterocycles. The first-order valence-corrected chi connectivity index (χ1v) is 4.86. The number of anilines is 1. The highest BCUT2D eigenvalue weighted by atomic mass is 79.9. The summed E-state index contributed by atoms with van der Waals surface area (Å²) in [5, 5.41) is 12.0. The molecule has 66 valence electrons. The Morgan fingerprint density at radius 2 is 2.46 bits per heavy atom. The topological polar surface area (TPSA) is 48.7 Å². The van der Waals surface area contributed by atoms with Gasteiger partial charge in [0.2, 0.25) is 0 Å². The number of nitrogens with zero attached hydrogens (tertiary/aromatic N) is 2. The van der Waals surface area contributed by atoms with Gasteiger partial charge in [0.1, 0.15) is 0 Å². The lowest BCUT2D eigenvalue weighted by Gasteiger charge is -2.21. The van der Waals surface area contributed by atoms with Gasteiger partial charge >= 0.3 is 0 Å². The van der Waals surface area contributed by atoms with Gasteiger partial charge in [0.05, 0.1) is 23.9 Å². The van der Waals surface area contributed by atoms with Crippen LogP contribution in [-0.4, -0.2) is 11.5 Å². The third-order valence-corrected chi connectivity index (χ3v) is 2.86. The number of aromatic nitrogens is 1. The average Bonchev–Trinajstić information content (AvgIpc) is 2.18. The second-order valence-corrected chi connectivity index (χ2v) is 3.91. The Labute approximate surface area is 84.9 Å². The number of halogens is 1. The third kappa shape index (κ3) is 1.52. The first-order chi connectivity index (χ1) is 6.31.